The number of para-hydroxylation sites is 1. The Hall–Kier alpha value is -3.34. The van der Waals surface area contributed by atoms with E-state index in [0.717, 1.165) is 35.5 Å². The molecule has 0 bridgehead atoms. The Balaban J connectivity index is 1.52. The molecule has 0 aliphatic heterocycles. The largest absolute Gasteiger partial charge is 0.496 e. The fourth-order valence-electron chi connectivity index (χ4n) is 2.72. The summed E-state index contributed by atoms with van der Waals surface area (Å²) < 4.78 is 5.36. The van der Waals surface area contributed by atoms with Gasteiger partial charge in [-0.2, -0.15) is 0 Å². The van der Waals surface area contributed by atoms with Crippen LogP contribution in [0.4, 0.5) is 11.5 Å². The number of ether oxygens (including phenoxy) is 1. The van der Waals surface area contributed by atoms with Gasteiger partial charge in [-0.25, -0.2) is 4.98 Å². The molecule has 138 valence electrons. The molecule has 0 radical (unpaired) electrons. The lowest BCUT2D eigenvalue weighted by molar-refractivity contribution is 0.102. The van der Waals surface area contributed by atoms with Gasteiger partial charge in [-0.15, -0.1) is 0 Å². The van der Waals surface area contributed by atoms with Crippen LogP contribution in [0.3, 0.4) is 0 Å². The van der Waals surface area contributed by atoms with Crippen LogP contribution in [-0.4, -0.2) is 24.5 Å². The third-order valence-corrected chi connectivity index (χ3v) is 4.23. The van der Waals surface area contributed by atoms with Crippen molar-refractivity contribution in [2.45, 2.75) is 13.3 Å². The highest BCUT2D eigenvalue weighted by Gasteiger charge is 2.06. The summed E-state index contributed by atoms with van der Waals surface area (Å²) in [6.45, 7) is 2.75. The van der Waals surface area contributed by atoms with Crippen molar-refractivity contribution in [1.82, 2.24) is 4.98 Å². The Morgan fingerprint density at radius 1 is 1.04 bits per heavy atom. The van der Waals surface area contributed by atoms with E-state index in [2.05, 4.69) is 21.7 Å². The molecule has 5 heteroatoms. The maximum Gasteiger partial charge on any atom is 0.256 e. The SMILES string of the molecule is COc1ccccc1CCNc1ccc(NC(=O)c2ccc(C)cc2)nc1. The molecule has 0 aliphatic rings. The molecular formula is C22H23N3O2. The fraction of sp³-hybridized carbons (Fsp3) is 0.182. The Labute approximate surface area is 159 Å². The molecule has 0 saturated heterocycles. The third-order valence-electron chi connectivity index (χ3n) is 4.23. The molecule has 1 aromatic heterocycles. The van der Waals surface area contributed by atoms with Crippen molar-refractivity contribution >= 4 is 17.4 Å². The topological polar surface area (TPSA) is 63.2 Å². The number of nitrogens with one attached hydrogen (secondary N) is 2. The zero-order valence-corrected chi connectivity index (χ0v) is 15.5. The number of pyridine rings is 1. The molecule has 0 fully saturated rings. The van der Waals surface area contributed by atoms with Crippen LogP contribution in [0, 0.1) is 6.92 Å². The Bertz CT molecular complexity index is 890. The highest BCUT2D eigenvalue weighted by molar-refractivity contribution is 6.03. The van der Waals surface area contributed by atoms with E-state index in [-0.39, 0.29) is 5.91 Å². The number of nitrogens with zero attached hydrogens (tertiary/aromatic N) is 1. The number of methoxy groups -OCH3 is 1. The highest BCUT2D eigenvalue weighted by atomic mass is 16.5. The first-order valence-electron chi connectivity index (χ1n) is 8.85. The van der Waals surface area contributed by atoms with Gasteiger partial charge in [0.2, 0.25) is 0 Å². The maximum atomic E-state index is 12.2. The minimum absolute atomic E-state index is 0.167. The lowest BCUT2D eigenvalue weighted by atomic mass is 10.1. The highest BCUT2D eigenvalue weighted by Crippen LogP contribution is 2.18. The van der Waals surface area contributed by atoms with Crippen LogP contribution in [0.1, 0.15) is 21.5 Å². The van der Waals surface area contributed by atoms with E-state index < -0.39 is 0 Å². The molecular weight excluding hydrogens is 338 g/mol. The Kier molecular flexibility index (Phi) is 6.05. The van der Waals surface area contributed by atoms with Gasteiger partial charge in [-0.1, -0.05) is 35.9 Å². The molecule has 1 heterocycles. The predicted octanol–water partition coefficient (Wildman–Crippen LogP) is 4.31. The van der Waals surface area contributed by atoms with Gasteiger partial charge in [-0.3, -0.25) is 4.79 Å². The van der Waals surface area contributed by atoms with E-state index in [4.69, 9.17) is 4.74 Å². The number of anilines is 2. The molecule has 3 aromatic rings. The Morgan fingerprint density at radius 2 is 1.81 bits per heavy atom. The van der Waals surface area contributed by atoms with Gasteiger partial charge in [0.05, 0.1) is 19.0 Å². The minimum Gasteiger partial charge on any atom is -0.496 e. The van der Waals surface area contributed by atoms with Crippen molar-refractivity contribution in [2.24, 2.45) is 0 Å². The molecule has 0 saturated carbocycles. The molecule has 1 amide bonds. The van der Waals surface area contributed by atoms with Gasteiger partial charge < -0.3 is 15.4 Å². The Morgan fingerprint density at radius 3 is 2.52 bits per heavy atom. The quantitative estimate of drug-likeness (QED) is 0.658. The number of benzene rings is 2. The molecule has 0 spiro atoms. The van der Waals surface area contributed by atoms with Crippen LogP contribution in [0.2, 0.25) is 0 Å². The van der Waals surface area contributed by atoms with Crippen LogP contribution in [0.15, 0.2) is 66.9 Å². The van der Waals surface area contributed by atoms with Crippen LogP contribution in [0.25, 0.3) is 0 Å². The molecule has 0 atom stereocenters. The van der Waals surface area contributed by atoms with Gasteiger partial charge >= 0.3 is 0 Å². The van der Waals surface area contributed by atoms with Gasteiger partial charge in [0.15, 0.2) is 0 Å². The first kappa shape index (κ1) is 18.5. The fourth-order valence-corrected chi connectivity index (χ4v) is 2.72. The predicted molar refractivity (Wildman–Crippen MR) is 109 cm³/mol. The van der Waals surface area contributed by atoms with E-state index in [1.165, 1.54) is 0 Å². The number of rotatable bonds is 7. The summed E-state index contributed by atoms with van der Waals surface area (Å²) in [6, 6.07) is 19.1. The monoisotopic (exact) mass is 361 g/mol. The van der Waals surface area contributed by atoms with Crippen molar-refractivity contribution in [3.8, 4) is 5.75 Å². The van der Waals surface area contributed by atoms with Gasteiger partial charge in [0.25, 0.3) is 5.91 Å². The normalized spacial score (nSPS) is 10.3. The number of hydrogen-bond donors (Lipinski definition) is 2. The number of aromatic nitrogens is 1. The van der Waals surface area contributed by atoms with E-state index in [9.17, 15) is 4.79 Å². The number of carbonyl (C=O) groups excluding carboxylic acids is 1. The summed E-state index contributed by atoms with van der Waals surface area (Å²) >= 11 is 0. The lowest BCUT2D eigenvalue weighted by Crippen LogP contribution is -2.13. The second-order valence-corrected chi connectivity index (χ2v) is 6.24. The second kappa shape index (κ2) is 8.85. The van der Waals surface area contributed by atoms with E-state index >= 15 is 0 Å². The lowest BCUT2D eigenvalue weighted by Gasteiger charge is -2.10. The van der Waals surface area contributed by atoms with Crippen molar-refractivity contribution in [3.05, 3.63) is 83.6 Å². The van der Waals surface area contributed by atoms with E-state index in [1.807, 2.05) is 43.3 Å². The summed E-state index contributed by atoms with van der Waals surface area (Å²) in [6.07, 6.45) is 2.56. The summed E-state index contributed by atoms with van der Waals surface area (Å²) in [7, 11) is 1.68. The zero-order valence-electron chi connectivity index (χ0n) is 15.5. The molecule has 27 heavy (non-hydrogen) atoms. The van der Waals surface area contributed by atoms with Gasteiger partial charge in [0, 0.05) is 12.1 Å². The van der Waals surface area contributed by atoms with Crippen molar-refractivity contribution in [1.29, 1.82) is 0 Å². The van der Waals surface area contributed by atoms with Gasteiger partial charge in [-0.05, 0) is 49.2 Å². The van der Waals surface area contributed by atoms with Crippen molar-refractivity contribution in [3.63, 3.8) is 0 Å². The van der Waals surface area contributed by atoms with Crippen LogP contribution >= 0.6 is 0 Å². The molecule has 2 aromatic carbocycles. The number of hydrogen-bond acceptors (Lipinski definition) is 4. The summed E-state index contributed by atoms with van der Waals surface area (Å²) in [5, 5.41) is 6.14. The summed E-state index contributed by atoms with van der Waals surface area (Å²) in [4.78, 5) is 16.5. The first-order chi connectivity index (χ1) is 13.2. The van der Waals surface area contributed by atoms with E-state index in [1.54, 1.807) is 31.5 Å². The number of carbonyl (C=O) groups is 1. The average Bonchev–Trinajstić information content (AvgIpc) is 2.70. The summed E-state index contributed by atoms with van der Waals surface area (Å²) in [5.74, 6) is 1.25. The third kappa shape index (κ3) is 5.07. The van der Waals surface area contributed by atoms with E-state index in [0.29, 0.717) is 11.4 Å². The van der Waals surface area contributed by atoms with Crippen molar-refractivity contribution in [2.75, 3.05) is 24.3 Å². The maximum absolute atomic E-state index is 12.2. The smallest absolute Gasteiger partial charge is 0.256 e. The number of aryl methyl sites for hydroxylation is 1. The second-order valence-electron chi connectivity index (χ2n) is 6.24. The molecule has 2 N–H and O–H groups in total. The average molecular weight is 361 g/mol. The standard InChI is InChI=1S/C22H23N3O2/c1-16-7-9-18(10-8-16)22(26)25-21-12-11-19(15-24-21)23-14-13-17-5-3-4-6-20(17)27-2/h3-12,15,23H,13-14H2,1-2H3,(H,24,25,26). The van der Waals surface area contributed by atoms with Crippen molar-refractivity contribution < 1.29 is 9.53 Å². The number of amides is 1. The zero-order chi connectivity index (χ0) is 19.1. The molecule has 0 unspecified atom stereocenters. The first-order valence-corrected chi connectivity index (χ1v) is 8.85. The minimum atomic E-state index is -0.167. The van der Waals surface area contributed by atoms with Crippen LogP contribution in [0.5, 0.6) is 5.75 Å². The van der Waals surface area contributed by atoms with Crippen LogP contribution in [-0.2, 0) is 6.42 Å². The van der Waals surface area contributed by atoms with Gasteiger partial charge in [0.1, 0.15) is 11.6 Å². The molecule has 3 rings (SSSR count). The molecule has 5 nitrogen and oxygen atoms in total. The molecule has 0 aliphatic carbocycles. The van der Waals surface area contributed by atoms with Crippen LogP contribution < -0.4 is 15.4 Å². The summed E-state index contributed by atoms with van der Waals surface area (Å²) in [5.41, 5.74) is 3.79.